The number of carbonyl (C=O) groups excluding carboxylic acids is 1. The summed E-state index contributed by atoms with van der Waals surface area (Å²) in [4.78, 5) is 22.6. The van der Waals surface area contributed by atoms with E-state index in [0.717, 1.165) is 16.5 Å². The van der Waals surface area contributed by atoms with Crippen molar-refractivity contribution in [1.29, 1.82) is 0 Å². The Labute approximate surface area is 131 Å². The van der Waals surface area contributed by atoms with Crippen LogP contribution in [0.5, 0.6) is 5.75 Å². The Morgan fingerprint density at radius 1 is 1.13 bits per heavy atom. The first kappa shape index (κ1) is 14.8. The van der Waals surface area contributed by atoms with E-state index in [1.807, 2.05) is 30.3 Å². The predicted octanol–water partition coefficient (Wildman–Crippen LogP) is 1.98. The van der Waals surface area contributed by atoms with Gasteiger partial charge in [-0.1, -0.05) is 30.3 Å². The van der Waals surface area contributed by atoms with Crippen LogP contribution in [0.2, 0.25) is 0 Å². The number of benzene rings is 2. The average Bonchev–Trinajstić information content (AvgIpc) is 2.54. The smallest absolute Gasteiger partial charge is 0.336 e. The SMILES string of the molecule is C[C@H](Oc1ccc2c(-c3ccccc3)cc(=O)oc2c1)C(=O)[O-]. The van der Waals surface area contributed by atoms with Crippen LogP contribution in [0.1, 0.15) is 6.92 Å². The number of carboxylic acids is 1. The fraction of sp³-hybridized carbons (Fsp3) is 0.111. The minimum atomic E-state index is -1.32. The van der Waals surface area contributed by atoms with Gasteiger partial charge >= 0.3 is 5.63 Å². The molecule has 3 aromatic rings. The number of carboxylic acid groups (broad SMARTS) is 1. The quantitative estimate of drug-likeness (QED) is 0.688. The fourth-order valence-corrected chi connectivity index (χ4v) is 2.33. The molecule has 0 aliphatic rings. The molecule has 1 atom stereocenters. The van der Waals surface area contributed by atoms with Crippen LogP contribution in [0, 0.1) is 0 Å². The van der Waals surface area contributed by atoms with Crippen molar-refractivity contribution in [2.45, 2.75) is 13.0 Å². The summed E-state index contributed by atoms with van der Waals surface area (Å²) < 4.78 is 10.5. The summed E-state index contributed by atoms with van der Waals surface area (Å²) >= 11 is 0. The highest BCUT2D eigenvalue weighted by Crippen LogP contribution is 2.29. The summed E-state index contributed by atoms with van der Waals surface area (Å²) in [7, 11) is 0. The molecule has 5 heteroatoms. The second-order valence-corrected chi connectivity index (χ2v) is 5.08. The molecule has 2 aromatic carbocycles. The van der Waals surface area contributed by atoms with Gasteiger partial charge in [0, 0.05) is 17.5 Å². The molecule has 23 heavy (non-hydrogen) atoms. The second kappa shape index (κ2) is 5.96. The van der Waals surface area contributed by atoms with E-state index in [2.05, 4.69) is 0 Å². The third-order valence-electron chi connectivity index (χ3n) is 3.45. The molecule has 0 radical (unpaired) electrons. The molecule has 0 amide bonds. The van der Waals surface area contributed by atoms with Crippen molar-refractivity contribution in [1.82, 2.24) is 0 Å². The van der Waals surface area contributed by atoms with Crippen molar-refractivity contribution in [3.63, 3.8) is 0 Å². The van der Waals surface area contributed by atoms with Crippen LogP contribution >= 0.6 is 0 Å². The fourth-order valence-electron chi connectivity index (χ4n) is 2.33. The molecular formula is C18H13O5-. The minimum absolute atomic E-state index is 0.294. The Morgan fingerprint density at radius 2 is 1.87 bits per heavy atom. The number of hydrogen-bond acceptors (Lipinski definition) is 5. The molecule has 0 aliphatic carbocycles. The first-order valence-corrected chi connectivity index (χ1v) is 7.05. The average molecular weight is 309 g/mol. The molecule has 116 valence electrons. The van der Waals surface area contributed by atoms with E-state index in [1.54, 1.807) is 12.1 Å². The summed E-state index contributed by atoms with van der Waals surface area (Å²) in [5.74, 6) is -1.02. The Bertz CT molecular complexity index is 912. The van der Waals surface area contributed by atoms with E-state index in [9.17, 15) is 14.7 Å². The highest BCUT2D eigenvalue weighted by molar-refractivity contribution is 5.93. The molecule has 1 aromatic heterocycles. The van der Waals surface area contributed by atoms with Crippen LogP contribution in [-0.4, -0.2) is 12.1 Å². The summed E-state index contributed by atoms with van der Waals surface area (Å²) in [6, 6.07) is 15.8. The van der Waals surface area contributed by atoms with Crippen LogP contribution < -0.4 is 15.5 Å². The Balaban J connectivity index is 2.11. The monoisotopic (exact) mass is 309 g/mol. The van der Waals surface area contributed by atoms with Gasteiger partial charge in [-0.2, -0.15) is 0 Å². The molecule has 0 spiro atoms. The van der Waals surface area contributed by atoms with Crippen LogP contribution in [0.15, 0.2) is 63.8 Å². The highest BCUT2D eigenvalue weighted by Gasteiger charge is 2.10. The maximum atomic E-state index is 11.8. The van der Waals surface area contributed by atoms with Crippen molar-refractivity contribution >= 4 is 16.9 Å². The van der Waals surface area contributed by atoms with E-state index < -0.39 is 17.7 Å². The summed E-state index contributed by atoms with van der Waals surface area (Å²) in [5, 5.41) is 11.5. The summed E-state index contributed by atoms with van der Waals surface area (Å²) in [6.45, 7) is 1.37. The van der Waals surface area contributed by atoms with E-state index in [1.165, 1.54) is 19.1 Å². The van der Waals surface area contributed by atoms with Gasteiger partial charge in [0.25, 0.3) is 0 Å². The molecule has 0 saturated carbocycles. The number of rotatable bonds is 4. The van der Waals surface area contributed by atoms with Crippen LogP contribution in [0.25, 0.3) is 22.1 Å². The van der Waals surface area contributed by atoms with E-state index >= 15 is 0 Å². The van der Waals surface area contributed by atoms with Gasteiger partial charge in [-0.25, -0.2) is 4.79 Å². The van der Waals surface area contributed by atoms with Gasteiger partial charge in [-0.15, -0.1) is 0 Å². The van der Waals surface area contributed by atoms with Crippen molar-refractivity contribution in [2.75, 3.05) is 0 Å². The number of ether oxygens (including phenoxy) is 1. The zero-order valence-corrected chi connectivity index (χ0v) is 12.3. The van der Waals surface area contributed by atoms with Crippen molar-refractivity contribution < 1.29 is 19.1 Å². The maximum absolute atomic E-state index is 11.8. The largest absolute Gasteiger partial charge is 0.546 e. The normalized spacial score (nSPS) is 12.0. The summed E-state index contributed by atoms with van der Waals surface area (Å²) in [5.41, 5.74) is 1.49. The minimum Gasteiger partial charge on any atom is -0.546 e. The lowest BCUT2D eigenvalue weighted by Crippen LogP contribution is -2.37. The van der Waals surface area contributed by atoms with E-state index in [0.29, 0.717) is 11.3 Å². The Morgan fingerprint density at radius 3 is 2.57 bits per heavy atom. The third-order valence-corrected chi connectivity index (χ3v) is 3.45. The molecule has 3 rings (SSSR count). The maximum Gasteiger partial charge on any atom is 0.336 e. The van der Waals surface area contributed by atoms with Crippen molar-refractivity contribution in [3.8, 4) is 16.9 Å². The van der Waals surface area contributed by atoms with Gasteiger partial charge in [-0.05, 0) is 30.2 Å². The first-order chi connectivity index (χ1) is 11.0. The predicted molar refractivity (Wildman–Crippen MR) is 83.0 cm³/mol. The number of aliphatic carboxylic acids is 1. The zero-order valence-electron chi connectivity index (χ0n) is 12.3. The van der Waals surface area contributed by atoms with Crippen LogP contribution in [0.3, 0.4) is 0 Å². The molecule has 0 N–H and O–H groups in total. The Kier molecular flexibility index (Phi) is 3.85. The molecule has 0 unspecified atom stereocenters. The van der Waals surface area contributed by atoms with Gasteiger partial charge in [-0.3, -0.25) is 0 Å². The number of carbonyl (C=O) groups is 1. The highest BCUT2D eigenvalue weighted by atomic mass is 16.5. The molecule has 0 aliphatic heterocycles. The lowest BCUT2D eigenvalue weighted by Gasteiger charge is -2.15. The van der Waals surface area contributed by atoms with Crippen molar-refractivity contribution in [2.24, 2.45) is 0 Å². The van der Waals surface area contributed by atoms with Gasteiger partial charge in [0.2, 0.25) is 0 Å². The molecule has 0 bridgehead atoms. The van der Waals surface area contributed by atoms with E-state index in [4.69, 9.17) is 9.15 Å². The first-order valence-electron chi connectivity index (χ1n) is 7.05. The third kappa shape index (κ3) is 3.08. The standard InChI is InChI=1S/C18H14O5/c1-11(18(20)21)22-13-7-8-14-15(12-5-3-2-4-6-12)10-17(19)23-16(14)9-13/h2-11H,1H3,(H,20,21)/p-1/t11-/m0/s1. The zero-order chi connectivity index (χ0) is 16.4. The van der Waals surface area contributed by atoms with Crippen LogP contribution in [-0.2, 0) is 4.79 Å². The topological polar surface area (TPSA) is 79.6 Å². The van der Waals surface area contributed by atoms with Gasteiger partial charge in [0.15, 0.2) is 0 Å². The van der Waals surface area contributed by atoms with Gasteiger partial charge in [0.05, 0.1) is 5.97 Å². The Hall–Kier alpha value is -3.08. The number of fused-ring (bicyclic) bond motifs is 1. The molecule has 0 saturated heterocycles. The lowest BCUT2D eigenvalue weighted by atomic mass is 10.0. The molecule has 5 nitrogen and oxygen atoms in total. The lowest BCUT2D eigenvalue weighted by molar-refractivity contribution is -0.312. The summed E-state index contributed by atoms with van der Waals surface area (Å²) in [6.07, 6.45) is -1.10. The molecule has 0 fully saturated rings. The molecular weight excluding hydrogens is 296 g/mol. The second-order valence-electron chi connectivity index (χ2n) is 5.08. The van der Waals surface area contributed by atoms with Gasteiger partial charge < -0.3 is 19.1 Å². The van der Waals surface area contributed by atoms with E-state index in [-0.39, 0.29) is 0 Å². The molecule has 1 heterocycles. The van der Waals surface area contributed by atoms with Gasteiger partial charge in [0.1, 0.15) is 17.4 Å². The number of hydrogen-bond donors (Lipinski definition) is 0. The van der Waals surface area contributed by atoms with Crippen molar-refractivity contribution in [3.05, 3.63) is 65.0 Å². The van der Waals surface area contributed by atoms with Crippen LogP contribution in [0.4, 0.5) is 0 Å².